The highest BCUT2D eigenvalue weighted by molar-refractivity contribution is 5.85. The lowest BCUT2D eigenvalue weighted by atomic mass is 9.89. The Kier molecular flexibility index (Phi) is 6.83. The minimum atomic E-state index is -5.06. The van der Waals surface area contributed by atoms with E-state index in [2.05, 4.69) is 15.1 Å². The number of alkyl halides is 3. The zero-order valence-electron chi connectivity index (χ0n) is 21.1. The van der Waals surface area contributed by atoms with Crippen LogP contribution in [0.3, 0.4) is 0 Å². The van der Waals surface area contributed by atoms with Gasteiger partial charge in [0.15, 0.2) is 0 Å². The van der Waals surface area contributed by atoms with Gasteiger partial charge in [0, 0.05) is 24.2 Å². The van der Waals surface area contributed by atoms with Crippen LogP contribution in [0.25, 0.3) is 28.2 Å². The van der Waals surface area contributed by atoms with Crippen molar-refractivity contribution in [1.82, 2.24) is 24.6 Å². The summed E-state index contributed by atoms with van der Waals surface area (Å²) in [6, 6.07) is 13.1. The van der Waals surface area contributed by atoms with Crippen LogP contribution in [0.15, 0.2) is 53.3 Å². The van der Waals surface area contributed by atoms with Gasteiger partial charge in [0.25, 0.3) is 11.5 Å². The number of nitrogens with zero attached hydrogens (tertiary/aromatic N) is 3. The summed E-state index contributed by atoms with van der Waals surface area (Å²) < 4.78 is 54.2. The van der Waals surface area contributed by atoms with E-state index in [4.69, 9.17) is 0 Å². The topological polar surface area (TPSA) is 107 Å². The van der Waals surface area contributed by atoms with Gasteiger partial charge in [0.05, 0.1) is 16.7 Å². The number of amides is 1. The molecule has 206 valence electrons. The quantitative estimate of drug-likeness (QED) is 0.314. The van der Waals surface area contributed by atoms with E-state index in [1.165, 1.54) is 16.8 Å². The van der Waals surface area contributed by atoms with E-state index in [1.54, 1.807) is 12.1 Å². The Balaban J connectivity index is 1.36. The number of piperidine rings is 1. The molecule has 5 rings (SSSR count). The third-order valence-electron chi connectivity index (χ3n) is 7.38. The van der Waals surface area contributed by atoms with E-state index in [9.17, 15) is 32.3 Å². The van der Waals surface area contributed by atoms with E-state index in [1.807, 2.05) is 24.3 Å². The van der Waals surface area contributed by atoms with Crippen molar-refractivity contribution in [3.8, 4) is 17.2 Å². The lowest BCUT2D eigenvalue weighted by molar-refractivity contribution is -0.250. The molecule has 0 saturated carbocycles. The van der Waals surface area contributed by atoms with Gasteiger partial charge in [-0.1, -0.05) is 12.1 Å². The molecular formula is C27H27F4N5O3. The first-order valence-electron chi connectivity index (χ1n) is 12.6. The number of aliphatic hydroxyl groups is 1. The number of rotatable bonds is 6. The van der Waals surface area contributed by atoms with Gasteiger partial charge in [-0.25, -0.2) is 9.37 Å². The maximum atomic E-state index is 13.6. The molecule has 12 heteroatoms. The van der Waals surface area contributed by atoms with Crippen LogP contribution in [-0.2, 0) is 11.2 Å². The normalized spacial score (nSPS) is 16.5. The molecule has 3 heterocycles. The molecule has 3 N–H and O–H groups in total. The molecule has 1 amide bonds. The molecule has 1 saturated heterocycles. The summed E-state index contributed by atoms with van der Waals surface area (Å²) in [6.45, 7) is 0.630. The molecule has 2 aromatic heterocycles. The van der Waals surface area contributed by atoms with Gasteiger partial charge in [0.2, 0.25) is 11.5 Å². The first kappa shape index (κ1) is 26.7. The molecule has 0 spiro atoms. The fraction of sp³-hybridized carbons (Fsp3) is 0.370. The van der Waals surface area contributed by atoms with Crippen molar-refractivity contribution in [3.63, 3.8) is 0 Å². The number of H-pyrrole nitrogens is 2. The SMILES string of the molecule is CC(O)(C(=O)N1CCC(CCc2c(-c3ccc(F)cc3)[nH]n(-c3nc4ccccc4[nH]3)c2=O)CC1)C(F)(F)F. The predicted molar refractivity (Wildman–Crippen MR) is 136 cm³/mol. The molecule has 1 atom stereocenters. The molecule has 4 aromatic rings. The summed E-state index contributed by atoms with van der Waals surface area (Å²) in [5.74, 6) is -1.41. The van der Waals surface area contributed by atoms with Crippen LogP contribution in [0.2, 0.25) is 0 Å². The second kappa shape index (κ2) is 9.99. The smallest absolute Gasteiger partial charge is 0.373 e. The first-order chi connectivity index (χ1) is 18.5. The number of carbonyl (C=O) groups excluding carboxylic acids is 1. The molecule has 0 bridgehead atoms. The number of likely N-dealkylation sites (tertiary alicyclic amines) is 1. The number of hydrogen-bond donors (Lipinski definition) is 3. The monoisotopic (exact) mass is 545 g/mol. The van der Waals surface area contributed by atoms with Gasteiger partial charge in [-0.15, -0.1) is 0 Å². The van der Waals surface area contributed by atoms with Crippen LogP contribution in [0.5, 0.6) is 0 Å². The Labute approximate surface area is 220 Å². The molecule has 1 unspecified atom stereocenters. The highest BCUT2D eigenvalue weighted by Crippen LogP contribution is 2.33. The van der Waals surface area contributed by atoms with E-state index in [0.29, 0.717) is 60.9 Å². The lowest BCUT2D eigenvalue weighted by Crippen LogP contribution is -2.57. The second-order valence-corrected chi connectivity index (χ2v) is 10.0. The number of hydrogen-bond acceptors (Lipinski definition) is 4. The van der Waals surface area contributed by atoms with Crippen molar-refractivity contribution in [3.05, 3.63) is 70.3 Å². The average molecular weight is 546 g/mol. The van der Waals surface area contributed by atoms with Crippen LogP contribution >= 0.6 is 0 Å². The molecule has 0 radical (unpaired) electrons. The maximum absolute atomic E-state index is 13.6. The fourth-order valence-corrected chi connectivity index (χ4v) is 4.96. The Hall–Kier alpha value is -3.93. The van der Waals surface area contributed by atoms with Gasteiger partial charge in [0.1, 0.15) is 5.82 Å². The Morgan fingerprint density at radius 3 is 2.41 bits per heavy atom. The predicted octanol–water partition coefficient (Wildman–Crippen LogP) is 4.33. The summed E-state index contributed by atoms with van der Waals surface area (Å²) in [5.41, 5.74) is -0.698. The van der Waals surface area contributed by atoms with Crippen molar-refractivity contribution >= 4 is 16.9 Å². The van der Waals surface area contributed by atoms with E-state index in [-0.39, 0.29) is 24.6 Å². The standard InChI is InChI=1S/C27H27F4N5O3/c1-26(39,27(29,30)31)24(38)35-14-12-16(13-15-35)6-11-19-22(17-7-9-18(28)10-8-17)34-36(23(19)37)25-32-20-4-2-3-5-21(20)33-25/h2-5,7-10,16,34,39H,6,11-15H2,1H3,(H,32,33). The van der Waals surface area contributed by atoms with Gasteiger partial charge >= 0.3 is 6.18 Å². The third-order valence-corrected chi connectivity index (χ3v) is 7.38. The summed E-state index contributed by atoms with van der Waals surface area (Å²) in [6.07, 6.45) is -3.28. The highest BCUT2D eigenvalue weighted by atomic mass is 19.4. The minimum absolute atomic E-state index is 0.0555. The number of para-hydroxylation sites is 2. The molecule has 8 nitrogen and oxygen atoms in total. The number of imidazole rings is 1. The van der Waals surface area contributed by atoms with Gasteiger partial charge in [-0.2, -0.15) is 17.9 Å². The minimum Gasteiger partial charge on any atom is -0.373 e. The van der Waals surface area contributed by atoms with Crippen molar-refractivity contribution in [1.29, 1.82) is 0 Å². The number of carbonyl (C=O) groups is 1. The number of benzene rings is 2. The molecule has 2 aromatic carbocycles. The Morgan fingerprint density at radius 1 is 1.10 bits per heavy atom. The largest absolute Gasteiger partial charge is 0.426 e. The van der Waals surface area contributed by atoms with Crippen molar-refractivity contribution in [2.45, 2.75) is 44.4 Å². The van der Waals surface area contributed by atoms with Crippen LogP contribution in [0.4, 0.5) is 17.6 Å². The van der Waals surface area contributed by atoms with Crippen molar-refractivity contribution in [2.75, 3.05) is 13.1 Å². The zero-order valence-corrected chi connectivity index (χ0v) is 21.1. The number of nitrogens with one attached hydrogen (secondary N) is 2. The van der Waals surface area contributed by atoms with Gasteiger partial charge in [-0.3, -0.25) is 14.7 Å². The average Bonchev–Trinajstić information content (AvgIpc) is 3.48. The lowest BCUT2D eigenvalue weighted by Gasteiger charge is -2.36. The summed E-state index contributed by atoms with van der Waals surface area (Å²) in [5, 5.41) is 12.8. The zero-order chi connectivity index (χ0) is 27.9. The van der Waals surface area contributed by atoms with E-state index >= 15 is 0 Å². The van der Waals surface area contributed by atoms with Crippen LogP contribution in [0, 0.1) is 11.7 Å². The summed E-state index contributed by atoms with van der Waals surface area (Å²) in [4.78, 5) is 34.5. The number of halogens is 4. The number of fused-ring (bicyclic) bond motifs is 1. The van der Waals surface area contributed by atoms with Gasteiger partial charge in [-0.05, 0) is 74.9 Å². The van der Waals surface area contributed by atoms with Crippen LogP contribution in [-0.4, -0.2) is 60.5 Å². The van der Waals surface area contributed by atoms with E-state index < -0.39 is 23.5 Å². The van der Waals surface area contributed by atoms with E-state index in [0.717, 1.165) is 10.4 Å². The third kappa shape index (κ3) is 5.08. The van der Waals surface area contributed by atoms with Crippen LogP contribution < -0.4 is 5.56 Å². The molecule has 1 fully saturated rings. The van der Waals surface area contributed by atoms with Crippen molar-refractivity contribution in [2.24, 2.45) is 5.92 Å². The molecule has 39 heavy (non-hydrogen) atoms. The summed E-state index contributed by atoms with van der Waals surface area (Å²) in [7, 11) is 0. The Bertz CT molecular complexity index is 1510. The first-order valence-corrected chi connectivity index (χ1v) is 12.6. The number of aromatic amines is 2. The number of aromatic nitrogens is 4. The summed E-state index contributed by atoms with van der Waals surface area (Å²) >= 11 is 0. The maximum Gasteiger partial charge on any atom is 0.426 e. The molecule has 1 aliphatic heterocycles. The Morgan fingerprint density at radius 2 is 1.77 bits per heavy atom. The second-order valence-electron chi connectivity index (χ2n) is 10.0. The molecular weight excluding hydrogens is 518 g/mol. The molecule has 0 aliphatic carbocycles. The highest BCUT2D eigenvalue weighted by Gasteiger charge is 2.57. The molecule has 1 aliphatic rings. The fourth-order valence-electron chi connectivity index (χ4n) is 4.96. The van der Waals surface area contributed by atoms with Gasteiger partial charge < -0.3 is 15.0 Å². The van der Waals surface area contributed by atoms with Crippen molar-refractivity contribution < 1.29 is 27.5 Å². The van der Waals surface area contributed by atoms with Crippen LogP contribution in [0.1, 0.15) is 31.7 Å².